The fraction of sp³-hybridized carbons (Fsp3) is 0.625. The number of fused-ring (bicyclic) bond motifs is 2. The summed E-state index contributed by atoms with van der Waals surface area (Å²) in [5.41, 5.74) is 1.12. The Hall–Kier alpha value is -0.590. The molecular formula is C8H10O. The van der Waals surface area contributed by atoms with Crippen molar-refractivity contribution in [3.05, 3.63) is 11.6 Å². The van der Waals surface area contributed by atoms with Crippen molar-refractivity contribution < 1.29 is 4.79 Å². The third-order valence-electron chi connectivity index (χ3n) is 2.34. The topological polar surface area (TPSA) is 17.1 Å². The lowest BCUT2D eigenvalue weighted by Gasteiger charge is -2.13. The summed E-state index contributed by atoms with van der Waals surface area (Å²) in [7, 11) is 0. The Balaban J connectivity index is 2.27. The normalized spacial score (nSPS) is 32.7. The lowest BCUT2D eigenvalue weighted by atomic mass is 9.90. The van der Waals surface area contributed by atoms with E-state index in [0.29, 0.717) is 5.78 Å². The molecule has 0 amide bonds. The van der Waals surface area contributed by atoms with Crippen molar-refractivity contribution >= 4 is 5.78 Å². The molecule has 2 aliphatic carbocycles. The quantitative estimate of drug-likeness (QED) is 0.477. The molecule has 2 bridgehead atoms. The summed E-state index contributed by atoms with van der Waals surface area (Å²) in [6, 6.07) is 0. The maximum Gasteiger partial charge on any atom is 0.158 e. The Morgan fingerprint density at radius 2 is 2.44 bits per heavy atom. The van der Waals surface area contributed by atoms with Crippen LogP contribution in [0.1, 0.15) is 25.7 Å². The lowest BCUT2D eigenvalue weighted by molar-refractivity contribution is -0.116. The molecule has 0 N–H and O–H groups in total. The highest BCUT2D eigenvalue weighted by Gasteiger charge is 2.26. The van der Waals surface area contributed by atoms with Crippen LogP contribution in [0, 0.1) is 5.92 Å². The van der Waals surface area contributed by atoms with Crippen LogP contribution in [0.3, 0.4) is 0 Å². The molecule has 48 valence electrons. The van der Waals surface area contributed by atoms with Gasteiger partial charge in [0.2, 0.25) is 0 Å². The summed E-state index contributed by atoms with van der Waals surface area (Å²) in [5, 5.41) is 0. The summed E-state index contributed by atoms with van der Waals surface area (Å²) in [4.78, 5) is 11.0. The first-order valence-corrected chi connectivity index (χ1v) is 3.58. The summed E-state index contributed by atoms with van der Waals surface area (Å²) in [6.07, 6.45) is 6.33. The molecule has 9 heavy (non-hydrogen) atoms. The van der Waals surface area contributed by atoms with E-state index in [2.05, 4.69) is 6.08 Å². The summed E-state index contributed by atoms with van der Waals surface area (Å²) in [6.45, 7) is 0. The molecule has 0 heterocycles. The molecule has 2 rings (SSSR count). The van der Waals surface area contributed by atoms with Gasteiger partial charge in [0.15, 0.2) is 5.78 Å². The van der Waals surface area contributed by atoms with Crippen LogP contribution in [0.5, 0.6) is 0 Å². The number of allylic oxidation sites excluding steroid dienone is 2. The number of ketones is 1. The average molecular weight is 122 g/mol. The second kappa shape index (κ2) is 1.69. The van der Waals surface area contributed by atoms with Crippen LogP contribution in [0.25, 0.3) is 0 Å². The number of carbonyl (C=O) groups is 1. The molecule has 1 nitrogen and oxygen atoms in total. The average Bonchev–Trinajstić information content (AvgIpc) is 2.25. The smallest absolute Gasteiger partial charge is 0.158 e. The van der Waals surface area contributed by atoms with Gasteiger partial charge in [-0.2, -0.15) is 0 Å². The first-order chi connectivity index (χ1) is 4.36. The first kappa shape index (κ1) is 5.21. The predicted molar refractivity (Wildman–Crippen MR) is 35.0 cm³/mol. The second-order valence-electron chi connectivity index (χ2n) is 3.00. The van der Waals surface area contributed by atoms with E-state index in [4.69, 9.17) is 0 Å². The lowest BCUT2D eigenvalue weighted by Crippen LogP contribution is -2.10. The maximum absolute atomic E-state index is 11.0. The fourth-order valence-electron chi connectivity index (χ4n) is 1.73. The second-order valence-corrected chi connectivity index (χ2v) is 3.00. The minimum Gasteiger partial charge on any atom is -0.295 e. The fourth-order valence-corrected chi connectivity index (χ4v) is 1.73. The van der Waals surface area contributed by atoms with Gasteiger partial charge in [0.05, 0.1) is 0 Å². The van der Waals surface area contributed by atoms with E-state index in [1.165, 1.54) is 6.42 Å². The van der Waals surface area contributed by atoms with Gasteiger partial charge in [-0.15, -0.1) is 0 Å². The van der Waals surface area contributed by atoms with Gasteiger partial charge in [-0.05, 0) is 30.8 Å². The summed E-state index contributed by atoms with van der Waals surface area (Å²) >= 11 is 0. The molecule has 2 aliphatic rings. The highest BCUT2D eigenvalue weighted by Crippen LogP contribution is 2.34. The molecule has 0 aromatic rings. The molecule has 1 fully saturated rings. The van der Waals surface area contributed by atoms with Gasteiger partial charge in [-0.3, -0.25) is 4.79 Å². The zero-order valence-corrected chi connectivity index (χ0v) is 5.39. The van der Waals surface area contributed by atoms with Crippen molar-refractivity contribution in [2.24, 2.45) is 5.92 Å². The number of rotatable bonds is 0. The van der Waals surface area contributed by atoms with Crippen LogP contribution >= 0.6 is 0 Å². The van der Waals surface area contributed by atoms with Gasteiger partial charge in [-0.1, -0.05) is 6.08 Å². The van der Waals surface area contributed by atoms with Crippen molar-refractivity contribution in [3.63, 3.8) is 0 Å². The zero-order chi connectivity index (χ0) is 6.27. The molecule has 0 aliphatic heterocycles. The van der Waals surface area contributed by atoms with Gasteiger partial charge in [0, 0.05) is 6.42 Å². The van der Waals surface area contributed by atoms with Crippen molar-refractivity contribution in [2.75, 3.05) is 0 Å². The van der Waals surface area contributed by atoms with E-state index in [1.807, 2.05) is 0 Å². The highest BCUT2D eigenvalue weighted by molar-refractivity contribution is 5.96. The molecule has 0 aromatic carbocycles. The Kier molecular flexibility index (Phi) is 0.981. The molecule has 1 heteroatoms. The van der Waals surface area contributed by atoms with Crippen LogP contribution < -0.4 is 0 Å². The highest BCUT2D eigenvalue weighted by atomic mass is 16.1. The van der Waals surface area contributed by atoms with E-state index in [-0.39, 0.29) is 0 Å². The van der Waals surface area contributed by atoms with Crippen LogP contribution in [0.2, 0.25) is 0 Å². The zero-order valence-electron chi connectivity index (χ0n) is 5.39. The SMILES string of the molecule is O=C1CCC2CC=C1C2. The molecule has 1 atom stereocenters. The van der Waals surface area contributed by atoms with Crippen LogP contribution in [-0.4, -0.2) is 5.78 Å². The van der Waals surface area contributed by atoms with E-state index in [9.17, 15) is 4.79 Å². The number of hydrogen-bond donors (Lipinski definition) is 0. The van der Waals surface area contributed by atoms with Crippen molar-refractivity contribution in [3.8, 4) is 0 Å². The minimum atomic E-state index is 0.406. The van der Waals surface area contributed by atoms with E-state index in [1.54, 1.807) is 0 Å². The van der Waals surface area contributed by atoms with Crippen LogP contribution in [0.4, 0.5) is 0 Å². The third kappa shape index (κ3) is 0.716. The molecular weight excluding hydrogens is 112 g/mol. The molecule has 0 saturated heterocycles. The Labute approximate surface area is 54.8 Å². The maximum atomic E-state index is 11.0. The number of carbonyl (C=O) groups excluding carboxylic acids is 1. The molecule has 0 radical (unpaired) electrons. The van der Waals surface area contributed by atoms with Gasteiger partial charge in [0.1, 0.15) is 0 Å². The van der Waals surface area contributed by atoms with Crippen molar-refractivity contribution in [1.29, 1.82) is 0 Å². The minimum absolute atomic E-state index is 0.406. The first-order valence-electron chi connectivity index (χ1n) is 3.58. The van der Waals surface area contributed by atoms with Crippen molar-refractivity contribution in [2.45, 2.75) is 25.7 Å². The van der Waals surface area contributed by atoms with E-state index < -0.39 is 0 Å². The number of Topliss-reactive ketones (excluding diaryl/α,β-unsaturated/α-hetero) is 1. The van der Waals surface area contributed by atoms with Gasteiger partial charge in [0.25, 0.3) is 0 Å². The van der Waals surface area contributed by atoms with E-state index in [0.717, 1.165) is 30.8 Å². The largest absolute Gasteiger partial charge is 0.295 e. The van der Waals surface area contributed by atoms with Gasteiger partial charge >= 0.3 is 0 Å². The molecule has 0 spiro atoms. The summed E-state index contributed by atoms with van der Waals surface area (Å²) < 4.78 is 0. The van der Waals surface area contributed by atoms with Gasteiger partial charge in [-0.25, -0.2) is 0 Å². The van der Waals surface area contributed by atoms with Gasteiger partial charge < -0.3 is 0 Å². The van der Waals surface area contributed by atoms with Crippen LogP contribution in [-0.2, 0) is 4.79 Å². The third-order valence-corrected chi connectivity index (χ3v) is 2.34. The molecule has 1 saturated carbocycles. The summed E-state index contributed by atoms with van der Waals surface area (Å²) in [5.74, 6) is 1.24. The van der Waals surface area contributed by atoms with E-state index >= 15 is 0 Å². The Morgan fingerprint density at radius 1 is 1.56 bits per heavy atom. The molecule has 1 unspecified atom stereocenters. The molecule has 0 aromatic heterocycles. The standard InChI is InChI=1S/C8H10O/c9-8-4-2-6-1-3-7(8)5-6/h3,6H,1-2,4-5H2. The predicted octanol–water partition coefficient (Wildman–Crippen LogP) is 1.69. The van der Waals surface area contributed by atoms with Crippen molar-refractivity contribution in [1.82, 2.24) is 0 Å². The number of hydrogen-bond acceptors (Lipinski definition) is 1. The Bertz CT molecular complexity index is 179. The van der Waals surface area contributed by atoms with Crippen LogP contribution in [0.15, 0.2) is 11.6 Å². The Morgan fingerprint density at radius 3 is 3.22 bits per heavy atom. The monoisotopic (exact) mass is 122 g/mol.